The number of rotatable bonds is 4. The van der Waals surface area contributed by atoms with Crippen LogP contribution >= 0.6 is 0 Å². The van der Waals surface area contributed by atoms with Gasteiger partial charge in [0.05, 0.1) is 16.7 Å². The van der Waals surface area contributed by atoms with E-state index in [9.17, 15) is 19.7 Å². The molecule has 21 heavy (non-hydrogen) atoms. The van der Waals surface area contributed by atoms with Gasteiger partial charge in [0.15, 0.2) is 0 Å². The van der Waals surface area contributed by atoms with Gasteiger partial charge in [0, 0.05) is 24.9 Å². The smallest absolute Gasteiger partial charge is 0.338 e. The molecular formula is C12H10N4O5. The third kappa shape index (κ3) is 2.71. The van der Waals surface area contributed by atoms with E-state index >= 15 is 0 Å². The number of amides is 1. The lowest BCUT2D eigenvalue weighted by atomic mass is 10.1. The Bertz CT molecular complexity index is 737. The van der Waals surface area contributed by atoms with Gasteiger partial charge in [-0.2, -0.15) is 5.10 Å². The average molecular weight is 290 g/mol. The fraction of sp³-hybridized carbons (Fsp3) is 0.0833. The summed E-state index contributed by atoms with van der Waals surface area (Å²) in [6.07, 6.45) is 2.24. The summed E-state index contributed by atoms with van der Waals surface area (Å²) in [5.74, 6) is -1.65. The van der Waals surface area contributed by atoms with Crippen molar-refractivity contribution in [3.05, 3.63) is 51.8 Å². The Morgan fingerprint density at radius 3 is 2.62 bits per heavy atom. The van der Waals surface area contributed by atoms with Gasteiger partial charge in [-0.15, -0.1) is 0 Å². The Morgan fingerprint density at radius 2 is 2.10 bits per heavy atom. The predicted molar refractivity (Wildman–Crippen MR) is 70.6 cm³/mol. The van der Waals surface area contributed by atoms with E-state index in [1.54, 1.807) is 0 Å². The second kappa shape index (κ2) is 5.41. The fourth-order valence-electron chi connectivity index (χ4n) is 1.71. The summed E-state index contributed by atoms with van der Waals surface area (Å²) in [5, 5.41) is 26.1. The summed E-state index contributed by atoms with van der Waals surface area (Å²) in [7, 11) is 1.41. The molecule has 1 amide bonds. The van der Waals surface area contributed by atoms with Crippen molar-refractivity contribution in [2.75, 3.05) is 7.05 Å². The van der Waals surface area contributed by atoms with Gasteiger partial charge in [-0.1, -0.05) is 0 Å². The maximum atomic E-state index is 11.5. The van der Waals surface area contributed by atoms with Crippen LogP contribution < -0.4 is 5.32 Å². The molecule has 0 saturated carbocycles. The number of hydrogen-bond donors (Lipinski definition) is 2. The monoisotopic (exact) mass is 290 g/mol. The molecule has 0 aliphatic carbocycles. The Kier molecular flexibility index (Phi) is 3.65. The second-order valence-electron chi connectivity index (χ2n) is 4.02. The van der Waals surface area contributed by atoms with Crippen molar-refractivity contribution < 1.29 is 19.6 Å². The molecule has 1 aromatic carbocycles. The number of carboxylic acids is 1. The van der Waals surface area contributed by atoms with Gasteiger partial charge in [0.25, 0.3) is 11.6 Å². The molecule has 108 valence electrons. The van der Waals surface area contributed by atoms with Crippen LogP contribution in [0.5, 0.6) is 0 Å². The molecule has 9 heteroatoms. The van der Waals surface area contributed by atoms with Gasteiger partial charge in [-0.25, -0.2) is 9.48 Å². The molecule has 0 radical (unpaired) electrons. The fourth-order valence-corrected chi connectivity index (χ4v) is 1.71. The van der Waals surface area contributed by atoms with Crippen molar-refractivity contribution in [2.24, 2.45) is 0 Å². The van der Waals surface area contributed by atoms with E-state index in [1.807, 2.05) is 0 Å². The van der Waals surface area contributed by atoms with Gasteiger partial charge in [-0.05, 0) is 12.1 Å². The number of nitro groups is 1. The van der Waals surface area contributed by atoms with Crippen LogP contribution in [-0.4, -0.2) is 38.7 Å². The molecule has 1 aromatic heterocycles. The predicted octanol–water partition coefficient (Wildman–Crippen LogP) is 0.838. The van der Waals surface area contributed by atoms with E-state index in [4.69, 9.17) is 5.11 Å². The molecular weight excluding hydrogens is 280 g/mol. The number of carboxylic acid groups (broad SMARTS) is 1. The van der Waals surface area contributed by atoms with Gasteiger partial charge >= 0.3 is 5.97 Å². The number of hydrogen-bond acceptors (Lipinski definition) is 5. The summed E-state index contributed by atoms with van der Waals surface area (Å²) < 4.78 is 1.08. The molecule has 0 aliphatic rings. The molecule has 0 atom stereocenters. The van der Waals surface area contributed by atoms with Gasteiger partial charge in [0.2, 0.25) is 0 Å². The van der Waals surface area contributed by atoms with Crippen LogP contribution in [-0.2, 0) is 0 Å². The van der Waals surface area contributed by atoms with Crippen molar-refractivity contribution in [3.8, 4) is 5.69 Å². The number of benzene rings is 1. The number of nitro benzene ring substituents is 1. The first-order valence-corrected chi connectivity index (χ1v) is 5.73. The molecule has 2 N–H and O–H groups in total. The lowest BCUT2D eigenvalue weighted by Gasteiger charge is -2.05. The lowest BCUT2D eigenvalue weighted by Crippen LogP contribution is -2.18. The van der Waals surface area contributed by atoms with Crippen molar-refractivity contribution in [1.29, 1.82) is 0 Å². The Labute approximate surface area is 118 Å². The number of nitrogens with zero attached hydrogens (tertiary/aromatic N) is 3. The number of aromatic nitrogens is 2. The molecule has 0 fully saturated rings. The zero-order valence-electron chi connectivity index (χ0n) is 10.8. The van der Waals surface area contributed by atoms with E-state index < -0.39 is 16.8 Å². The van der Waals surface area contributed by atoms with Crippen LogP contribution in [0.3, 0.4) is 0 Å². The molecule has 1 heterocycles. The van der Waals surface area contributed by atoms with Gasteiger partial charge in [0.1, 0.15) is 5.69 Å². The van der Waals surface area contributed by atoms with Crippen LogP contribution in [0.2, 0.25) is 0 Å². The topological polar surface area (TPSA) is 127 Å². The largest absolute Gasteiger partial charge is 0.478 e. The number of carbonyl (C=O) groups excluding carboxylic acids is 1. The summed E-state index contributed by atoms with van der Waals surface area (Å²) in [4.78, 5) is 32.8. The van der Waals surface area contributed by atoms with E-state index in [2.05, 4.69) is 10.4 Å². The van der Waals surface area contributed by atoms with Crippen molar-refractivity contribution in [3.63, 3.8) is 0 Å². The quantitative estimate of drug-likeness (QED) is 0.634. The maximum Gasteiger partial charge on any atom is 0.338 e. The van der Waals surface area contributed by atoms with E-state index in [0.717, 1.165) is 23.1 Å². The molecule has 0 aliphatic heterocycles. The molecule has 2 rings (SSSR count). The van der Waals surface area contributed by atoms with E-state index in [0.29, 0.717) is 0 Å². The van der Waals surface area contributed by atoms with E-state index in [-0.39, 0.29) is 22.5 Å². The minimum absolute atomic E-state index is 0.0696. The van der Waals surface area contributed by atoms with Crippen molar-refractivity contribution in [2.45, 2.75) is 0 Å². The highest BCUT2D eigenvalue weighted by atomic mass is 16.6. The normalized spacial score (nSPS) is 10.1. The summed E-state index contributed by atoms with van der Waals surface area (Å²) >= 11 is 0. The summed E-state index contributed by atoms with van der Waals surface area (Å²) in [6.45, 7) is 0. The van der Waals surface area contributed by atoms with Crippen LogP contribution in [0.25, 0.3) is 5.69 Å². The summed E-state index contributed by atoms with van der Waals surface area (Å²) in [6, 6.07) is 3.83. The minimum Gasteiger partial charge on any atom is -0.478 e. The molecule has 0 spiro atoms. The standard InChI is InChI=1S/C12H10N4O5/c1-13-11(17)7-2-3-9(10(4-7)16(20)21)15-6-8(5-14-15)12(18)19/h2-6H,1H3,(H,13,17)(H,18,19). The zero-order valence-corrected chi connectivity index (χ0v) is 10.8. The minimum atomic E-state index is -1.19. The van der Waals surface area contributed by atoms with Crippen LogP contribution in [0.4, 0.5) is 5.69 Å². The average Bonchev–Trinajstić information content (AvgIpc) is 2.95. The molecule has 0 bridgehead atoms. The van der Waals surface area contributed by atoms with Crippen molar-refractivity contribution >= 4 is 17.6 Å². The first-order chi connectivity index (χ1) is 9.93. The first kappa shape index (κ1) is 14.2. The molecule has 2 aromatic rings. The lowest BCUT2D eigenvalue weighted by molar-refractivity contribution is -0.384. The highest BCUT2D eigenvalue weighted by Gasteiger charge is 2.20. The van der Waals surface area contributed by atoms with Gasteiger partial charge in [-0.3, -0.25) is 14.9 Å². The van der Waals surface area contributed by atoms with Crippen molar-refractivity contribution in [1.82, 2.24) is 15.1 Å². The maximum absolute atomic E-state index is 11.5. The number of aromatic carboxylic acids is 1. The Hall–Kier alpha value is -3.23. The molecule has 0 unspecified atom stereocenters. The first-order valence-electron chi connectivity index (χ1n) is 5.73. The van der Waals surface area contributed by atoms with Crippen LogP contribution in [0.15, 0.2) is 30.6 Å². The zero-order chi connectivity index (χ0) is 15.6. The highest BCUT2D eigenvalue weighted by Crippen LogP contribution is 2.24. The molecule has 0 saturated heterocycles. The van der Waals surface area contributed by atoms with E-state index in [1.165, 1.54) is 19.2 Å². The Morgan fingerprint density at radius 1 is 1.38 bits per heavy atom. The SMILES string of the molecule is CNC(=O)c1ccc(-n2cc(C(=O)O)cn2)c([N+](=O)[O-])c1. The van der Waals surface area contributed by atoms with Crippen LogP contribution in [0.1, 0.15) is 20.7 Å². The van der Waals surface area contributed by atoms with Crippen LogP contribution in [0, 0.1) is 10.1 Å². The van der Waals surface area contributed by atoms with Gasteiger partial charge < -0.3 is 10.4 Å². The third-order valence-electron chi connectivity index (χ3n) is 2.74. The Balaban J connectivity index is 2.54. The highest BCUT2D eigenvalue weighted by molar-refractivity contribution is 5.95. The molecule has 9 nitrogen and oxygen atoms in total. The summed E-state index contributed by atoms with van der Waals surface area (Å²) in [5.41, 5.74) is -0.255. The number of nitrogens with one attached hydrogen (secondary N) is 1. The third-order valence-corrected chi connectivity index (χ3v) is 2.74. The number of carbonyl (C=O) groups is 2. The second-order valence-corrected chi connectivity index (χ2v) is 4.02.